The average molecular weight is 345 g/mol. The number of carbonyl (C=O) groups excluding carboxylic acids is 1. The van der Waals surface area contributed by atoms with Crippen LogP contribution in [0.15, 0.2) is 35.8 Å². The Morgan fingerprint density at radius 2 is 2.21 bits per heavy atom. The molecule has 128 valence electrons. The molecule has 3 rings (SSSR count). The highest BCUT2D eigenvalue weighted by Gasteiger charge is 2.26. The maximum absolute atomic E-state index is 12.9. The minimum absolute atomic E-state index is 0.0228. The highest BCUT2D eigenvalue weighted by molar-refractivity contribution is 7.13. The van der Waals surface area contributed by atoms with E-state index in [4.69, 9.17) is 4.74 Å². The largest absolute Gasteiger partial charge is 0.374 e. The number of morpholine rings is 1. The number of ether oxygens (including phenoxy) is 1. The lowest BCUT2D eigenvalue weighted by Gasteiger charge is -2.33. The topological polar surface area (TPSA) is 45.7 Å². The molecule has 1 saturated heterocycles. The lowest BCUT2D eigenvalue weighted by atomic mass is 10.1. The number of amides is 1. The number of aryl methyl sites for hydroxylation is 1. The number of nitrogens with zero attached hydrogens (tertiary/aromatic N) is 3. The summed E-state index contributed by atoms with van der Waals surface area (Å²) in [6.07, 6.45) is 2.14. The van der Waals surface area contributed by atoms with Gasteiger partial charge in [-0.3, -0.25) is 9.69 Å². The fourth-order valence-corrected chi connectivity index (χ4v) is 3.46. The van der Waals surface area contributed by atoms with Crippen molar-refractivity contribution in [2.75, 3.05) is 38.2 Å². The summed E-state index contributed by atoms with van der Waals surface area (Å²) >= 11 is 1.49. The summed E-state index contributed by atoms with van der Waals surface area (Å²) in [7, 11) is 2.08. The van der Waals surface area contributed by atoms with E-state index < -0.39 is 0 Å². The van der Waals surface area contributed by atoms with Crippen molar-refractivity contribution >= 4 is 22.4 Å². The molecular weight excluding hydrogens is 322 g/mol. The van der Waals surface area contributed by atoms with Crippen molar-refractivity contribution in [2.45, 2.75) is 19.4 Å². The molecule has 0 N–H and O–H groups in total. The Morgan fingerprint density at radius 3 is 2.88 bits per heavy atom. The molecule has 24 heavy (non-hydrogen) atoms. The summed E-state index contributed by atoms with van der Waals surface area (Å²) in [5.41, 5.74) is 2.22. The number of hydrogen-bond acceptors (Lipinski definition) is 5. The van der Waals surface area contributed by atoms with Gasteiger partial charge in [0.15, 0.2) is 5.13 Å². The van der Waals surface area contributed by atoms with Crippen LogP contribution in [0.5, 0.6) is 0 Å². The van der Waals surface area contributed by atoms with Gasteiger partial charge in [-0.25, -0.2) is 4.98 Å². The molecule has 0 saturated carbocycles. The molecule has 0 radical (unpaired) electrons. The highest BCUT2D eigenvalue weighted by atomic mass is 32.1. The summed E-state index contributed by atoms with van der Waals surface area (Å²) in [5.74, 6) is 0.0608. The van der Waals surface area contributed by atoms with Crippen LogP contribution < -0.4 is 4.90 Å². The molecule has 5 nitrogen and oxygen atoms in total. The predicted octanol–water partition coefficient (Wildman–Crippen LogP) is 2.36. The van der Waals surface area contributed by atoms with Gasteiger partial charge < -0.3 is 9.64 Å². The Balaban J connectivity index is 1.72. The van der Waals surface area contributed by atoms with E-state index >= 15 is 0 Å². The number of anilines is 1. The first-order chi connectivity index (χ1) is 11.6. The second kappa shape index (κ2) is 7.88. The molecule has 0 aliphatic carbocycles. The van der Waals surface area contributed by atoms with E-state index in [1.54, 1.807) is 11.1 Å². The second-order valence-corrected chi connectivity index (χ2v) is 7.11. The summed E-state index contributed by atoms with van der Waals surface area (Å²) < 4.78 is 5.83. The van der Waals surface area contributed by atoms with E-state index in [1.165, 1.54) is 16.9 Å². The zero-order valence-corrected chi connectivity index (χ0v) is 15.0. The maximum atomic E-state index is 12.9. The normalized spacial score (nSPS) is 18.5. The first-order valence-electron chi connectivity index (χ1n) is 8.17. The van der Waals surface area contributed by atoms with Crippen molar-refractivity contribution in [2.24, 2.45) is 0 Å². The number of likely N-dealkylation sites (N-methyl/N-ethyl adjacent to an activating group) is 1. The zero-order chi connectivity index (χ0) is 16.9. The van der Waals surface area contributed by atoms with Gasteiger partial charge in [0.1, 0.15) is 0 Å². The molecule has 0 unspecified atom stereocenters. The quantitative estimate of drug-likeness (QED) is 0.835. The molecule has 2 aromatic rings. The van der Waals surface area contributed by atoms with Gasteiger partial charge in [-0.2, -0.15) is 0 Å². The molecule has 1 fully saturated rings. The van der Waals surface area contributed by atoms with Crippen molar-refractivity contribution in [1.82, 2.24) is 9.88 Å². The fraction of sp³-hybridized carbons (Fsp3) is 0.444. The number of benzene rings is 1. The minimum Gasteiger partial charge on any atom is -0.374 e. The van der Waals surface area contributed by atoms with E-state index in [1.807, 2.05) is 36.6 Å². The van der Waals surface area contributed by atoms with E-state index in [0.29, 0.717) is 19.6 Å². The third-order valence-corrected chi connectivity index (χ3v) is 4.95. The van der Waals surface area contributed by atoms with Crippen LogP contribution in [0, 0.1) is 6.92 Å². The molecule has 6 heteroatoms. The zero-order valence-electron chi connectivity index (χ0n) is 14.1. The van der Waals surface area contributed by atoms with Gasteiger partial charge in [0.05, 0.1) is 25.7 Å². The Bertz CT molecular complexity index is 657. The van der Waals surface area contributed by atoms with Gasteiger partial charge >= 0.3 is 0 Å². The summed E-state index contributed by atoms with van der Waals surface area (Å²) in [6.45, 7) is 5.07. The Morgan fingerprint density at radius 1 is 1.42 bits per heavy atom. The Hall–Kier alpha value is -1.76. The molecule has 1 aliphatic heterocycles. The molecular formula is C18H23N3O2S. The number of hydrogen-bond donors (Lipinski definition) is 0. The van der Waals surface area contributed by atoms with E-state index in [2.05, 4.69) is 16.9 Å². The molecule has 1 amide bonds. The van der Waals surface area contributed by atoms with Crippen LogP contribution >= 0.6 is 11.3 Å². The predicted molar refractivity (Wildman–Crippen MR) is 96.6 cm³/mol. The van der Waals surface area contributed by atoms with Crippen molar-refractivity contribution in [1.29, 1.82) is 0 Å². The van der Waals surface area contributed by atoms with Gasteiger partial charge in [-0.05, 0) is 19.5 Å². The number of thiazole rings is 1. The third kappa shape index (κ3) is 4.41. The van der Waals surface area contributed by atoms with Gasteiger partial charge in [0.25, 0.3) is 0 Å². The Kier molecular flexibility index (Phi) is 5.60. The van der Waals surface area contributed by atoms with Gasteiger partial charge in [-0.15, -0.1) is 11.3 Å². The molecule has 1 aliphatic rings. The van der Waals surface area contributed by atoms with E-state index in [0.717, 1.165) is 23.8 Å². The van der Waals surface area contributed by atoms with Crippen LogP contribution in [0.2, 0.25) is 0 Å². The fourth-order valence-electron chi connectivity index (χ4n) is 2.79. The smallest absolute Gasteiger partial charge is 0.233 e. The van der Waals surface area contributed by atoms with Crippen LogP contribution in [0.25, 0.3) is 0 Å². The van der Waals surface area contributed by atoms with E-state index in [-0.39, 0.29) is 12.0 Å². The van der Waals surface area contributed by atoms with Crippen LogP contribution in [0.3, 0.4) is 0 Å². The van der Waals surface area contributed by atoms with Crippen LogP contribution in [-0.2, 0) is 16.0 Å². The first-order valence-corrected chi connectivity index (χ1v) is 9.05. The van der Waals surface area contributed by atoms with Gasteiger partial charge in [0.2, 0.25) is 5.91 Å². The summed E-state index contributed by atoms with van der Waals surface area (Å²) in [4.78, 5) is 21.2. The Labute approximate surface area is 146 Å². The first kappa shape index (κ1) is 17.1. The lowest BCUT2D eigenvalue weighted by molar-refractivity contribution is -0.118. The van der Waals surface area contributed by atoms with E-state index in [9.17, 15) is 4.79 Å². The van der Waals surface area contributed by atoms with Crippen LogP contribution in [-0.4, -0.2) is 55.2 Å². The van der Waals surface area contributed by atoms with Crippen molar-refractivity contribution in [3.8, 4) is 0 Å². The number of aromatic nitrogens is 1. The SMILES string of the molecule is Cc1ccc(CC(=O)N(C[C@@H]2CN(C)CCO2)c2nccs2)cc1. The van der Waals surface area contributed by atoms with Crippen LogP contribution in [0.1, 0.15) is 11.1 Å². The third-order valence-electron chi connectivity index (χ3n) is 4.16. The molecule has 2 heterocycles. The highest BCUT2D eigenvalue weighted by Crippen LogP contribution is 2.20. The molecule has 1 atom stereocenters. The van der Waals surface area contributed by atoms with Crippen LogP contribution in [0.4, 0.5) is 5.13 Å². The van der Waals surface area contributed by atoms with Crippen molar-refractivity contribution in [3.63, 3.8) is 0 Å². The van der Waals surface area contributed by atoms with Gasteiger partial charge in [-0.1, -0.05) is 29.8 Å². The molecule has 0 bridgehead atoms. The number of carbonyl (C=O) groups is 1. The second-order valence-electron chi connectivity index (χ2n) is 6.24. The molecule has 1 aromatic carbocycles. The number of rotatable bonds is 5. The lowest BCUT2D eigenvalue weighted by Crippen LogP contribution is -2.48. The van der Waals surface area contributed by atoms with Gasteiger partial charge in [0, 0.05) is 24.7 Å². The van der Waals surface area contributed by atoms with Crippen molar-refractivity contribution < 1.29 is 9.53 Å². The monoisotopic (exact) mass is 345 g/mol. The maximum Gasteiger partial charge on any atom is 0.233 e. The standard InChI is InChI=1S/C18H23N3O2S/c1-14-3-5-15(6-4-14)11-17(22)21(18-19-7-10-24-18)13-16-12-20(2)8-9-23-16/h3-7,10,16H,8-9,11-13H2,1-2H3/t16-/m0/s1. The molecule has 0 spiro atoms. The summed E-state index contributed by atoms with van der Waals surface area (Å²) in [6, 6.07) is 8.10. The average Bonchev–Trinajstić information content (AvgIpc) is 3.09. The summed E-state index contributed by atoms with van der Waals surface area (Å²) in [5, 5.41) is 2.64. The molecule has 1 aromatic heterocycles. The minimum atomic E-state index is 0.0228. The van der Waals surface area contributed by atoms with Crippen molar-refractivity contribution in [3.05, 3.63) is 47.0 Å².